The molecule has 0 fully saturated rings. The number of rotatable bonds is 2. The largest absolute Gasteiger partial charge is 0.399 e. The normalized spacial score (nSPS) is 9.11. The SMILES string of the molecule is Cl.Nc1ccc(NC(=O)Nc2ccncc2)cc1. The molecule has 0 aliphatic rings. The minimum Gasteiger partial charge on any atom is -0.399 e. The van der Waals surface area contributed by atoms with Crippen molar-refractivity contribution in [2.45, 2.75) is 0 Å². The predicted octanol–water partition coefficient (Wildman–Crippen LogP) is 2.73. The Morgan fingerprint density at radius 2 is 1.44 bits per heavy atom. The molecular formula is C12H13ClN4O. The lowest BCUT2D eigenvalue weighted by Crippen LogP contribution is -2.19. The molecule has 0 unspecified atom stereocenters. The van der Waals surface area contributed by atoms with Crippen LogP contribution in [0.2, 0.25) is 0 Å². The van der Waals surface area contributed by atoms with Crippen LogP contribution in [0.25, 0.3) is 0 Å². The van der Waals surface area contributed by atoms with E-state index in [1.807, 2.05) is 0 Å². The highest BCUT2D eigenvalue weighted by Crippen LogP contribution is 2.11. The molecule has 2 aromatic rings. The van der Waals surface area contributed by atoms with Crippen LogP contribution >= 0.6 is 12.4 Å². The van der Waals surface area contributed by atoms with Gasteiger partial charge in [-0.25, -0.2) is 4.79 Å². The maximum atomic E-state index is 11.6. The smallest absolute Gasteiger partial charge is 0.323 e. The zero-order chi connectivity index (χ0) is 12.1. The molecule has 2 amide bonds. The maximum absolute atomic E-state index is 11.6. The Morgan fingerprint density at radius 1 is 0.944 bits per heavy atom. The van der Waals surface area contributed by atoms with Gasteiger partial charge in [0.25, 0.3) is 0 Å². The third-order valence-electron chi connectivity index (χ3n) is 2.11. The van der Waals surface area contributed by atoms with Crippen molar-refractivity contribution in [3.8, 4) is 0 Å². The van der Waals surface area contributed by atoms with E-state index in [1.165, 1.54) is 0 Å². The third-order valence-corrected chi connectivity index (χ3v) is 2.11. The molecule has 1 aromatic heterocycles. The van der Waals surface area contributed by atoms with E-state index in [1.54, 1.807) is 48.8 Å². The number of amides is 2. The predicted molar refractivity (Wildman–Crippen MR) is 75.0 cm³/mol. The van der Waals surface area contributed by atoms with Gasteiger partial charge < -0.3 is 16.4 Å². The van der Waals surface area contributed by atoms with Crippen LogP contribution in [-0.4, -0.2) is 11.0 Å². The van der Waals surface area contributed by atoms with Crippen LogP contribution in [0.15, 0.2) is 48.8 Å². The standard InChI is InChI=1S/C12H12N4O.ClH/c13-9-1-3-10(4-2-9)15-12(17)16-11-5-7-14-8-6-11;/h1-8H,13H2,(H2,14,15,16,17);1H. The summed E-state index contributed by atoms with van der Waals surface area (Å²) in [6.45, 7) is 0. The number of halogens is 1. The Bertz CT molecular complexity index is 501. The summed E-state index contributed by atoms with van der Waals surface area (Å²) < 4.78 is 0. The van der Waals surface area contributed by atoms with Gasteiger partial charge in [-0.05, 0) is 36.4 Å². The monoisotopic (exact) mass is 264 g/mol. The number of nitrogens with two attached hydrogens (primary N) is 1. The second-order valence-electron chi connectivity index (χ2n) is 3.44. The Labute approximate surface area is 111 Å². The summed E-state index contributed by atoms with van der Waals surface area (Å²) in [6.07, 6.45) is 3.22. The number of carbonyl (C=O) groups is 1. The fourth-order valence-corrected chi connectivity index (χ4v) is 1.30. The number of hydrogen-bond donors (Lipinski definition) is 3. The molecule has 18 heavy (non-hydrogen) atoms. The zero-order valence-electron chi connectivity index (χ0n) is 9.46. The van der Waals surface area contributed by atoms with E-state index in [0.29, 0.717) is 17.1 Å². The van der Waals surface area contributed by atoms with E-state index in [0.717, 1.165) is 0 Å². The van der Waals surface area contributed by atoms with E-state index in [4.69, 9.17) is 5.73 Å². The van der Waals surface area contributed by atoms with Crippen molar-refractivity contribution in [3.63, 3.8) is 0 Å². The van der Waals surface area contributed by atoms with Gasteiger partial charge in [0.1, 0.15) is 0 Å². The molecule has 0 saturated heterocycles. The number of aromatic nitrogens is 1. The van der Waals surface area contributed by atoms with Crippen LogP contribution in [-0.2, 0) is 0 Å². The molecule has 0 atom stereocenters. The molecule has 6 heteroatoms. The lowest BCUT2D eigenvalue weighted by Gasteiger charge is -2.07. The summed E-state index contributed by atoms with van der Waals surface area (Å²) in [4.78, 5) is 15.5. The maximum Gasteiger partial charge on any atom is 0.323 e. The zero-order valence-corrected chi connectivity index (χ0v) is 10.3. The van der Waals surface area contributed by atoms with E-state index >= 15 is 0 Å². The number of nitrogens with zero attached hydrogens (tertiary/aromatic N) is 1. The van der Waals surface area contributed by atoms with Crippen LogP contribution in [0.5, 0.6) is 0 Å². The fourth-order valence-electron chi connectivity index (χ4n) is 1.30. The molecular weight excluding hydrogens is 252 g/mol. The molecule has 0 radical (unpaired) electrons. The third kappa shape index (κ3) is 3.95. The van der Waals surface area contributed by atoms with Gasteiger partial charge in [0.2, 0.25) is 0 Å². The minimum absolute atomic E-state index is 0. The summed E-state index contributed by atoms with van der Waals surface area (Å²) in [5.41, 5.74) is 7.58. The van der Waals surface area contributed by atoms with E-state index in [2.05, 4.69) is 15.6 Å². The molecule has 0 saturated carbocycles. The van der Waals surface area contributed by atoms with Crippen LogP contribution in [0.1, 0.15) is 0 Å². The fraction of sp³-hybridized carbons (Fsp3) is 0. The Hall–Kier alpha value is -2.27. The van der Waals surface area contributed by atoms with Gasteiger partial charge in [-0.15, -0.1) is 12.4 Å². The van der Waals surface area contributed by atoms with Gasteiger partial charge in [-0.1, -0.05) is 0 Å². The van der Waals surface area contributed by atoms with Crippen LogP contribution < -0.4 is 16.4 Å². The average Bonchev–Trinajstić information content (AvgIpc) is 2.33. The van der Waals surface area contributed by atoms with Crippen LogP contribution in [0.4, 0.5) is 21.9 Å². The van der Waals surface area contributed by atoms with Crippen molar-refractivity contribution in [1.82, 2.24) is 4.98 Å². The second kappa shape index (κ2) is 6.46. The number of pyridine rings is 1. The molecule has 2 rings (SSSR count). The first kappa shape index (κ1) is 13.8. The van der Waals surface area contributed by atoms with Crippen molar-refractivity contribution in [2.24, 2.45) is 0 Å². The number of hydrogen-bond acceptors (Lipinski definition) is 3. The van der Waals surface area contributed by atoms with Gasteiger partial charge >= 0.3 is 6.03 Å². The first-order chi connectivity index (χ1) is 8.24. The number of anilines is 3. The van der Waals surface area contributed by atoms with Crippen molar-refractivity contribution in [3.05, 3.63) is 48.8 Å². The van der Waals surface area contributed by atoms with Gasteiger partial charge in [-0.2, -0.15) is 0 Å². The van der Waals surface area contributed by atoms with E-state index in [-0.39, 0.29) is 18.4 Å². The van der Waals surface area contributed by atoms with Crippen LogP contribution in [0, 0.1) is 0 Å². The highest BCUT2D eigenvalue weighted by molar-refractivity contribution is 5.99. The van der Waals surface area contributed by atoms with Gasteiger partial charge in [-0.3, -0.25) is 4.98 Å². The first-order valence-corrected chi connectivity index (χ1v) is 5.07. The summed E-state index contributed by atoms with van der Waals surface area (Å²) in [5.74, 6) is 0. The Balaban J connectivity index is 0.00000162. The van der Waals surface area contributed by atoms with Crippen molar-refractivity contribution in [1.29, 1.82) is 0 Å². The Kier molecular flexibility index (Phi) is 4.95. The topological polar surface area (TPSA) is 80.0 Å². The van der Waals surface area contributed by atoms with E-state index < -0.39 is 0 Å². The number of nitrogen functional groups attached to an aromatic ring is 1. The molecule has 0 aliphatic carbocycles. The van der Waals surface area contributed by atoms with Gasteiger partial charge in [0, 0.05) is 29.5 Å². The van der Waals surface area contributed by atoms with Crippen molar-refractivity contribution >= 4 is 35.5 Å². The molecule has 5 nitrogen and oxygen atoms in total. The minimum atomic E-state index is -0.305. The number of nitrogens with one attached hydrogen (secondary N) is 2. The molecule has 94 valence electrons. The van der Waals surface area contributed by atoms with E-state index in [9.17, 15) is 4.79 Å². The highest BCUT2D eigenvalue weighted by Gasteiger charge is 2.01. The summed E-state index contributed by atoms with van der Waals surface area (Å²) >= 11 is 0. The Morgan fingerprint density at radius 3 is 2.00 bits per heavy atom. The number of benzene rings is 1. The summed E-state index contributed by atoms with van der Waals surface area (Å²) in [6, 6.07) is 10.0. The molecule has 0 spiro atoms. The average molecular weight is 265 g/mol. The molecule has 1 aromatic carbocycles. The lowest BCUT2D eigenvalue weighted by molar-refractivity contribution is 0.262. The van der Waals surface area contributed by atoms with Gasteiger partial charge in [0.05, 0.1) is 0 Å². The van der Waals surface area contributed by atoms with Crippen LogP contribution in [0.3, 0.4) is 0 Å². The first-order valence-electron chi connectivity index (χ1n) is 5.07. The number of carbonyl (C=O) groups excluding carboxylic acids is 1. The number of urea groups is 1. The lowest BCUT2D eigenvalue weighted by atomic mass is 10.3. The molecule has 0 bridgehead atoms. The van der Waals surface area contributed by atoms with Crippen molar-refractivity contribution in [2.75, 3.05) is 16.4 Å². The second-order valence-corrected chi connectivity index (χ2v) is 3.44. The molecule has 4 N–H and O–H groups in total. The quantitative estimate of drug-likeness (QED) is 0.730. The molecule has 0 aliphatic heterocycles. The van der Waals surface area contributed by atoms with Crippen molar-refractivity contribution < 1.29 is 4.79 Å². The summed E-state index contributed by atoms with van der Waals surface area (Å²) in [7, 11) is 0. The highest BCUT2D eigenvalue weighted by atomic mass is 35.5. The van der Waals surface area contributed by atoms with Gasteiger partial charge in [0.15, 0.2) is 0 Å². The summed E-state index contributed by atoms with van der Waals surface area (Å²) in [5, 5.41) is 5.38. The molecule has 1 heterocycles.